The van der Waals surface area contributed by atoms with Crippen molar-refractivity contribution in [3.05, 3.63) is 30.3 Å². The average molecular weight is 212 g/mol. The van der Waals surface area contributed by atoms with Crippen LogP contribution >= 0.6 is 7.37 Å². The highest BCUT2D eigenvalue weighted by atomic mass is 31.2. The zero-order chi connectivity index (χ0) is 10.6. The molecule has 0 aliphatic rings. The van der Waals surface area contributed by atoms with Crippen molar-refractivity contribution in [1.29, 1.82) is 0 Å². The van der Waals surface area contributed by atoms with E-state index < -0.39 is 7.37 Å². The van der Waals surface area contributed by atoms with Crippen LogP contribution in [0, 0.1) is 0 Å². The molecule has 0 aromatic heterocycles. The van der Waals surface area contributed by atoms with Gasteiger partial charge in [0.25, 0.3) is 0 Å². The summed E-state index contributed by atoms with van der Waals surface area (Å²) in [6, 6.07) is 9.26. The van der Waals surface area contributed by atoms with E-state index in [-0.39, 0.29) is 5.45 Å². The highest BCUT2D eigenvalue weighted by Gasteiger charge is 2.13. The minimum atomic E-state index is -3.21. The maximum atomic E-state index is 11.1. The third-order valence-corrected chi connectivity index (χ3v) is 3.02. The van der Waals surface area contributed by atoms with Gasteiger partial charge in [-0.2, -0.15) is 5.10 Å². The zero-order valence-electron chi connectivity index (χ0n) is 8.14. The van der Waals surface area contributed by atoms with Gasteiger partial charge < -0.3 is 4.89 Å². The molecule has 2 N–H and O–H groups in total. The molecule has 1 unspecified atom stereocenters. The van der Waals surface area contributed by atoms with Gasteiger partial charge >= 0.3 is 0 Å². The van der Waals surface area contributed by atoms with Gasteiger partial charge in [0, 0.05) is 6.66 Å². The van der Waals surface area contributed by atoms with Crippen molar-refractivity contribution in [1.82, 2.24) is 0 Å². The first-order valence-corrected chi connectivity index (χ1v) is 6.27. The molecule has 0 spiro atoms. The maximum Gasteiger partial charge on any atom is 0.241 e. The lowest BCUT2D eigenvalue weighted by molar-refractivity contribution is 0.499. The topological polar surface area (TPSA) is 61.7 Å². The molecule has 0 aliphatic heterocycles. The predicted octanol–water partition coefficient (Wildman–Crippen LogP) is 2.33. The Morgan fingerprint density at radius 1 is 1.43 bits per heavy atom. The first kappa shape index (κ1) is 11.0. The number of hydrazone groups is 1. The first-order chi connectivity index (χ1) is 6.50. The van der Waals surface area contributed by atoms with E-state index in [1.54, 1.807) is 0 Å². The van der Waals surface area contributed by atoms with Gasteiger partial charge in [-0.25, -0.2) is 0 Å². The smallest absolute Gasteiger partial charge is 0.241 e. The first-order valence-electron chi connectivity index (χ1n) is 4.16. The normalized spacial score (nSPS) is 16.1. The van der Waals surface area contributed by atoms with Crippen LogP contribution in [0.15, 0.2) is 35.4 Å². The van der Waals surface area contributed by atoms with Crippen molar-refractivity contribution in [2.45, 2.75) is 6.92 Å². The molecule has 0 radical (unpaired) electrons. The van der Waals surface area contributed by atoms with Crippen molar-refractivity contribution < 1.29 is 9.46 Å². The van der Waals surface area contributed by atoms with E-state index in [4.69, 9.17) is 4.89 Å². The van der Waals surface area contributed by atoms with E-state index in [9.17, 15) is 4.57 Å². The molecule has 0 amide bonds. The van der Waals surface area contributed by atoms with Crippen molar-refractivity contribution in [3.8, 4) is 0 Å². The van der Waals surface area contributed by atoms with Crippen LogP contribution < -0.4 is 5.43 Å². The molecule has 0 aliphatic carbocycles. The van der Waals surface area contributed by atoms with Crippen LogP contribution in [0.4, 0.5) is 5.69 Å². The third kappa shape index (κ3) is 3.32. The highest BCUT2D eigenvalue weighted by Crippen LogP contribution is 2.36. The van der Waals surface area contributed by atoms with Gasteiger partial charge in [-0.05, 0) is 19.1 Å². The molecule has 1 aromatic carbocycles. The standard InChI is InChI=1S/C9H13N2O2P/c1-8(14(2,12)13)10-11-9-6-4-3-5-7-9/h3-7,11H,1-2H3,(H,12,13)/b10-8+. The summed E-state index contributed by atoms with van der Waals surface area (Å²) in [6.07, 6.45) is 0. The fourth-order valence-corrected chi connectivity index (χ4v) is 0.986. The molecule has 1 atom stereocenters. The number of nitrogens with one attached hydrogen (secondary N) is 1. The van der Waals surface area contributed by atoms with Gasteiger partial charge in [0.15, 0.2) is 0 Å². The largest absolute Gasteiger partial charge is 0.340 e. The van der Waals surface area contributed by atoms with Gasteiger partial charge in [0.1, 0.15) is 5.45 Å². The van der Waals surface area contributed by atoms with E-state index in [0.717, 1.165) is 5.69 Å². The predicted molar refractivity (Wildman–Crippen MR) is 58.9 cm³/mol. The summed E-state index contributed by atoms with van der Waals surface area (Å²) >= 11 is 0. The van der Waals surface area contributed by atoms with Crippen LogP contribution in [0.25, 0.3) is 0 Å². The molecule has 0 saturated carbocycles. The van der Waals surface area contributed by atoms with Crippen LogP contribution in [0.5, 0.6) is 0 Å². The molecule has 14 heavy (non-hydrogen) atoms. The van der Waals surface area contributed by atoms with Gasteiger partial charge in [0.05, 0.1) is 5.69 Å². The Balaban J connectivity index is 2.69. The molecule has 1 rings (SSSR count). The maximum absolute atomic E-state index is 11.1. The second kappa shape index (κ2) is 4.40. The van der Waals surface area contributed by atoms with Crippen LogP contribution in [0.3, 0.4) is 0 Å². The summed E-state index contributed by atoms with van der Waals surface area (Å²) in [5, 5.41) is 3.82. The summed E-state index contributed by atoms with van der Waals surface area (Å²) in [4.78, 5) is 9.15. The zero-order valence-corrected chi connectivity index (χ0v) is 9.03. The number of para-hydroxylation sites is 1. The summed E-state index contributed by atoms with van der Waals surface area (Å²) in [5.41, 5.74) is 3.71. The summed E-state index contributed by atoms with van der Waals surface area (Å²) in [6.45, 7) is 2.79. The second-order valence-electron chi connectivity index (χ2n) is 3.02. The quantitative estimate of drug-likeness (QED) is 0.459. The molecular weight excluding hydrogens is 199 g/mol. The lowest BCUT2D eigenvalue weighted by Crippen LogP contribution is -1.97. The number of hydrogen-bond acceptors (Lipinski definition) is 3. The van der Waals surface area contributed by atoms with Gasteiger partial charge in [-0.1, -0.05) is 18.2 Å². The summed E-state index contributed by atoms with van der Waals surface area (Å²) in [5.74, 6) is 0. The Labute approximate surface area is 83.1 Å². The minimum Gasteiger partial charge on any atom is -0.340 e. The molecule has 5 heteroatoms. The molecule has 0 fully saturated rings. The lowest BCUT2D eigenvalue weighted by Gasteiger charge is -2.05. The number of benzene rings is 1. The van der Waals surface area contributed by atoms with E-state index in [2.05, 4.69) is 10.5 Å². The third-order valence-electron chi connectivity index (χ3n) is 1.72. The number of hydrogen-bond donors (Lipinski definition) is 2. The molecule has 0 heterocycles. The van der Waals surface area contributed by atoms with Gasteiger partial charge in [0.2, 0.25) is 7.37 Å². The van der Waals surface area contributed by atoms with E-state index in [1.165, 1.54) is 13.6 Å². The molecule has 1 aromatic rings. The van der Waals surface area contributed by atoms with Gasteiger partial charge in [-0.3, -0.25) is 9.99 Å². The van der Waals surface area contributed by atoms with E-state index >= 15 is 0 Å². The Kier molecular flexibility index (Phi) is 3.44. The molecule has 0 bridgehead atoms. The van der Waals surface area contributed by atoms with Crippen LogP contribution in [-0.2, 0) is 4.57 Å². The fraction of sp³-hybridized carbons (Fsp3) is 0.222. The number of anilines is 1. The summed E-state index contributed by atoms with van der Waals surface area (Å²) < 4.78 is 11.1. The van der Waals surface area contributed by atoms with Crippen molar-refractivity contribution in [2.75, 3.05) is 12.1 Å². The number of nitrogens with zero attached hydrogens (tertiary/aromatic N) is 1. The van der Waals surface area contributed by atoms with E-state index in [0.29, 0.717) is 0 Å². The minimum absolute atomic E-state index is 0.210. The molecule has 4 nitrogen and oxygen atoms in total. The van der Waals surface area contributed by atoms with E-state index in [1.807, 2.05) is 30.3 Å². The number of rotatable bonds is 3. The lowest BCUT2D eigenvalue weighted by atomic mass is 10.3. The molecular formula is C9H13N2O2P. The Morgan fingerprint density at radius 3 is 2.50 bits per heavy atom. The van der Waals surface area contributed by atoms with Crippen LogP contribution in [-0.4, -0.2) is 17.0 Å². The van der Waals surface area contributed by atoms with Crippen molar-refractivity contribution in [3.63, 3.8) is 0 Å². The fourth-order valence-electron chi connectivity index (χ4n) is 0.751. The Bertz CT molecular complexity index is 370. The van der Waals surface area contributed by atoms with Crippen LogP contribution in [0.1, 0.15) is 6.92 Å². The monoisotopic (exact) mass is 212 g/mol. The Morgan fingerprint density at radius 2 is 2.00 bits per heavy atom. The molecule has 0 saturated heterocycles. The van der Waals surface area contributed by atoms with Crippen molar-refractivity contribution >= 4 is 18.5 Å². The second-order valence-corrected chi connectivity index (χ2v) is 5.42. The average Bonchev–Trinajstić information content (AvgIpc) is 2.14. The van der Waals surface area contributed by atoms with Crippen LogP contribution in [0.2, 0.25) is 0 Å². The highest BCUT2D eigenvalue weighted by molar-refractivity contribution is 7.74. The van der Waals surface area contributed by atoms with Crippen molar-refractivity contribution in [2.24, 2.45) is 5.10 Å². The summed E-state index contributed by atoms with van der Waals surface area (Å²) in [7, 11) is -3.21. The molecule has 76 valence electrons. The Hall–Kier alpha value is -1.12. The SMILES string of the molecule is C/C(=N\Nc1ccccc1)P(C)(=O)O. The van der Waals surface area contributed by atoms with Gasteiger partial charge in [-0.15, -0.1) is 0 Å².